The third-order valence-corrected chi connectivity index (χ3v) is 6.51. The number of hydrogen-bond donors (Lipinski definition) is 1. The van der Waals surface area contributed by atoms with Gasteiger partial charge in [0.15, 0.2) is 0 Å². The van der Waals surface area contributed by atoms with Crippen LogP contribution in [0.5, 0.6) is 0 Å². The number of hydrogen-bond acceptors (Lipinski definition) is 7. The lowest BCUT2D eigenvalue weighted by molar-refractivity contribution is -0.143. The Morgan fingerprint density at radius 2 is 1.77 bits per heavy atom. The van der Waals surface area contributed by atoms with E-state index < -0.39 is 23.8 Å². The predicted octanol–water partition coefficient (Wildman–Crippen LogP) is 2.61. The number of tetrazole rings is 1. The molecule has 1 atom stereocenters. The van der Waals surface area contributed by atoms with Crippen LogP contribution in [-0.2, 0) is 20.8 Å². The van der Waals surface area contributed by atoms with E-state index in [0.29, 0.717) is 27.6 Å². The summed E-state index contributed by atoms with van der Waals surface area (Å²) in [4.78, 5) is 43.1. The SMILES string of the molecule is N#Cc1ccc(NC(=O)C(Cc2ccccc2)N2CC(=O)N(c3cc(Cl)ccc3-n3cnnn3)CC2=O)cc1. The number of piperazine rings is 1. The fourth-order valence-electron chi connectivity index (χ4n) is 4.35. The van der Waals surface area contributed by atoms with Gasteiger partial charge >= 0.3 is 0 Å². The highest BCUT2D eigenvalue weighted by Crippen LogP contribution is 2.30. The number of amides is 3. The van der Waals surface area contributed by atoms with E-state index in [-0.39, 0.29) is 19.5 Å². The van der Waals surface area contributed by atoms with Crippen LogP contribution >= 0.6 is 11.6 Å². The highest BCUT2D eigenvalue weighted by molar-refractivity contribution is 6.31. The molecule has 0 radical (unpaired) electrons. The molecule has 4 aromatic rings. The smallest absolute Gasteiger partial charge is 0.247 e. The Morgan fingerprint density at radius 1 is 1.00 bits per heavy atom. The minimum absolute atomic E-state index is 0.203. The van der Waals surface area contributed by atoms with Gasteiger partial charge in [0, 0.05) is 17.1 Å². The second-order valence-corrected chi connectivity index (χ2v) is 9.21. The molecule has 3 amide bonds. The van der Waals surface area contributed by atoms with Crippen molar-refractivity contribution in [3.8, 4) is 11.8 Å². The zero-order chi connectivity index (χ0) is 27.4. The molecule has 0 bridgehead atoms. The number of nitrogens with one attached hydrogen (secondary N) is 1. The standard InChI is InChI=1S/C27H21ClN8O3/c28-20-8-11-22(36-17-30-32-33-36)23(13-20)34-15-26(38)35(16-25(34)37)24(12-18-4-2-1-3-5-18)27(39)31-21-9-6-19(14-29)7-10-21/h1-11,13,17,24H,12,15-16H2,(H,31,39). The molecule has 0 spiro atoms. The van der Waals surface area contributed by atoms with E-state index in [0.717, 1.165) is 5.56 Å². The summed E-state index contributed by atoms with van der Waals surface area (Å²) >= 11 is 6.22. The Kier molecular flexibility index (Phi) is 7.29. The van der Waals surface area contributed by atoms with Crippen molar-refractivity contribution < 1.29 is 14.4 Å². The molecular weight excluding hydrogens is 520 g/mol. The van der Waals surface area contributed by atoms with Gasteiger partial charge in [-0.3, -0.25) is 19.3 Å². The van der Waals surface area contributed by atoms with Crippen molar-refractivity contribution in [2.45, 2.75) is 12.5 Å². The van der Waals surface area contributed by atoms with E-state index in [2.05, 4.69) is 20.8 Å². The van der Waals surface area contributed by atoms with Crippen molar-refractivity contribution in [2.24, 2.45) is 0 Å². The van der Waals surface area contributed by atoms with Gasteiger partial charge in [-0.05, 0) is 58.5 Å². The van der Waals surface area contributed by atoms with Crippen LogP contribution in [0.1, 0.15) is 11.1 Å². The molecule has 12 heteroatoms. The lowest BCUT2D eigenvalue weighted by Crippen LogP contribution is -2.60. The summed E-state index contributed by atoms with van der Waals surface area (Å²) < 4.78 is 1.37. The van der Waals surface area contributed by atoms with Gasteiger partial charge in [-0.2, -0.15) is 9.94 Å². The van der Waals surface area contributed by atoms with Gasteiger partial charge in [-0.15, -0.1) is 5.10 Å². The van der Waals surface area contributed by atoms with Crippen molar-refractivity contribution in [2.75, 3.05) is 23.3 Å². The van der Waals surface area contributed by atoms with Gasteiger partial charge in [0.05, 0.1) is 23.0 Å². The molecule has 1 unspecified atom stereocenters. The van der Waals surface area contributed by atoms with Crippen molar-refractivity contribution >= 4 is 40.7 Å². The molecule has 1 aliphatic rings. The second-order valence-electron chi connectivity index (χ2n) is 8.77. The lowest BCUT2D eigenvalue weighted by atomic mass is 10.0. The van der Waals surface area contributed by atoms with Crippen molar-refractivity contribution in [1.82, 2.24) is 25.1 Å². The Morgan fingerprint density at radius 3 is 2.46 bits per heavy atom. The van der Waals surface area contributed by atoms with Crippen LogP contribution in [-0.4, -0.2) is 62.0 Å². The summed E-state index contributed by atoms with van der Waals surface area (Å²) in [5.41, 5.74) is 2.59. The average Bonchev–Trinajstić information content (AvgIpc) is 3.49. The molecule has 5 rings (SSSR count). The fraction of sp³-hybridized carbons (Fsp3) is 0.148. The van der Waals surface area contributed by atoms with Crippen LogP contribution in [0.3, 0.4) is 0 Å². The molecule has 0 saturated carbocycles. The number of carbonyl (C=O) groups is 3. The van der Waals surface area contributed by atoms with E-state index in [1.54, 1.807) is 42.5 Å². The van der Waals surface area contributed by atoms with Gasteiger partial charge in [-0.25, -0.2) is 0 Å². The highest BCUT2D eigenvalue weighted by Gasteiger charge is 2.39. The first kappa shape index (κ1) is 25.6. The normalized spacial score (nSPS) is 14.2. The number of carbonyl (C=O) groups excluding carboxylic acids is 3. The number of anilines is 2. The summed E-state index contributed by atoms with van der Waals surface area (Å²) in [5, 5.41) is 23.4. The highest BCUT2D eigenvalue weighted by atomic mass is 35.5. The first-order valence-electron chi connectivity index (χ1n) is 11.9. The minimum atomic E-state index is -0.958. The molecule has 1 saturated heterocycles. The summed E-state index contributed by atoms with van der Waals surface area (Å²) in [6.45, 7) is -0.623. The monoisotopic (exact) mass is 540 g/mol. The number of nitriles is 1. The molecule has 194 valence electrons. The van der Waals surface area contributed by atoms with E-state index in [4.69, 9.17) is 16.9 Å². The quantitative estimate of drug-likeness (QED) is 0.380. The summed E-state index contributed by atoms with van der Waals surface area (Å²) in [6, 6.07) is 21.6. The van der Waals surface area contributed by atoms with E-state index in [1.807, 2.05) is 36.4 Å². The van der Waals surface area contributed by atoms with Gasteiger partial charge < -0.3 is 10.2 Å². The minimum Gasteiger partial charge on any atom is -0.324 e. The molecule has 1 N–H and O–H groups in total. The number of benzene rings is 3. The van der Waals surface area contributed by atoms with Crippen LogP contribution in [0.2, 0.25) is 5.02 Å². The molecule has 2 heterocycles. The molecule has 0 aliphatic carbocycles. The molecule has 3 aromatic carbocycles. The van der Waals surface area contributed by atoms with Gasteiger partial charge in [0.2, 0.25) is 17.7 Å². The second kappa shape index (κ2) is 11.1. The van der Waals surface area contributed by atoms with Gasteiger partial charge in [0.1, 0.15) is 25.5 Å². The lowest BCUT2D eigenvalue weighted by Gasteiger charge is -2.38. The molecule has 11 nitrogen and oxygen atoms in total. The van der Waals surface area contributed by atoms with E-state index in [9.17, 15) is 14.4 Å². The molecular formula is C27H21ClN8O3. The maximum Gasteiger partial charge on any atom is 0.247 e. The Hall–Kier alpha value is -5.08. The Labute approximate surface area is 228 Å². The van der Waals surface area contributed by atoms with Crippen LogP contribution in [0.15, 0.2) is 79.1 Å². The predicted molar refractivity (Wildman–Crippen MR) is 142 cm³/mol. The third kappa shape index (κ3) is 5.61. The van der Waals surface area contributed by atoms with Crippen LogP contribution in [0, 0.1) is 11.3 Å². The summed E-state index contributed by atoms with van der Waals surface area (Å²) in [7, 11) is 0. The fourth-order valence-corrected chi connectivity index (χ4v) is 4.52. The number of halogens is 1. The number of nitrogens with zero attached hydrogens (tertiary/aromatic N) is 7. The van der Waals surface area contributed by atoms with Crippen molar-refractivity contribution in [3.63, 3.8) is 0 Å². The van der Waals surface area contributed by atoms with E-state index in [1.165, 1.54) is 20.8 Å². The van der Waals surface area contributed by atoms with E-state index >= 15 is 0 Å². The maximum absolute atomic E-state index is 13.5. The van der Waals surface area contributed by atoms with Crippen LogP contribution in [0.25, 0.3) is 5.69 Å². The maximum atomic E-state index is 13.5. The van der Waals surface area contributed by atoms with Gasteiger partial charge in [-0.1, -0.05) is 41.9 Å². The largest absolute Gasteiger partial charge is 0.324 e. The van der Waals surface area contributed by atoms with Crippen LogP contribution in [0.4, 0.5) is 11.4 Å². The first-order valence-corrected chi connectivity index (χ1v) is 12.3. The summed E-state index contributed by atoms with van der Waals surface area (Å²) in [6.07, 6.45) is 1.58. The third-order valence-electron chi connectivity index (χ3n) is 6.28. The molecule has 1 fully saturated rings. The average molecular weight is 541 g/mol. The van der Waals surface area contributed by atoms with Crippen LogP contribution < -0.4 is 10.2 Å². The molecule has 39 heavy (non-hydrogen) atoms. The van der Waals surface area contributed by atoms with Crippen molar-refractivity contribution in [3.05, 3.63) is 95.3 Å². The topological polar surface area (TPSA) is 137 Å². The first-order chi connectivity index (χ1) is 18.9. The summed E-state index contributed by atoms with van der Waals surface area (Å²) in [5.74, 6) is -1.25. The molecule has 1 aromatic heterocycles. The number of rotatable bonds is 7. The Bertz CT molecular complexity index is 1550. The van der Waals surface area contributed by atoms with Crippen molar-refractivity contribution in [1.29, 1.82) is 5.26 Å². The zero-order valence-corrected chi connectivity index (χ0v) is 21.2. The molecule has 1 aliphatic heterocycles. The zero-order valence-electron chi connectivity index (χ0n) is 20.4. The number of aromatic nitrogens is 4. The van der Waals surface area contributed by atoms with Gasteiger partial charge in [0.25, 0.3) is 0 Å². The Balaban J connectivity index is 1.42.